The first-order valence-electron chi connectivity index (χ1n) is 13.4. The van der Waals surface area contributed by atoms with Crippen molar-refractivity contribution in [3.05, 3.63) is 107 Å². The molecule has 0 aromatic heterocycles. The number of ether oxygens (including phenoxy) is 3. The lowest BCUT2D eigenvalue weighted by atomic mass is 9.66. The van der Waals surface area contributed by atoms with Crippen molar-refractivity contribution in [2.75, 3.05) is 13.7 Å². The van der Waals surface area contributed by atoms with Crippen LogP contribution in [0.1, 0.15) is 55.2 Å². The number of benzene rings is 3. The fourth-order valence-corrected chi connectivity index (χ4v) is 5.72. The number of hydrogen-bond acceptors (Lipinski definition) is 6. The zero-order valence-corrected chi connectivity index (χ0v) is 22.6. The van der Waals surface area contributed by atoms with E-state index in [4.69, 9.17) is 19.2 Å². The number of aliphatic imine (C=N–C) groups is 1. The van der Waals surface area contributed by atoms with Gasteiger partial charge in [-0.2, -0.15) is 0 Å². The Morgan fingerprint density at radius 1 is 0.897 bits per heavy atom. The molecule has 5 rings (SSSR count). The van der Waals surface area contributed by atoms with Crippen molar-refractivity contribution in [1.82, 2.24) is 0 Å². The number of Topliss-reactive ketones (excluding diaryl/α,β-unsaturated/α-hetero) is 1. The van der Waals surface area contributed by atoms with Gasteiger partial charge in [-0.25, -0.2) is 4.79 Å². The molecule has 0 amide bonds. The summed E-state index contributed by atoms with van der Waals surface area (Å²) in [5.41, 5.74) is 4.63. The summed E-state index contributed by atoms with van der Waals surface area (Å²) in [5.74, 6) is -0.240. The highest BCUT2D eigenvalue weighted by molar-refractivity contribution is 6.12. The molecule has 1 aliphatic carbocycles. The molecule has 200 valence electrons. The summed E-state index contributed by atoms with van der Waals surface area (Å²) in [6, 6.07) is 25.3. The predicted molar refractivity (Wildman–Crippen MR) is 150 cm³/mol. The zero-order valence-electron chi connectivity index (χ0n) is 22.6. The van der Waals surface area contributed by atoms with Gasteiger partial charge in [0.25, 0.3) is 0 Å². The van der Waals surface area contributed by atoms with Gasteiger partial charge in [0.15, 0.2) is 11.5 Å². The van der Waals surface area contributed by atoms with Crippen molar-refractivity contribution in [3.63, 3.8) is 0 Å². The van der Waals surface area contributed by atoms with Gasteiger partial charge < -0.3 is 14.2 Å². The Balaban J connectivity index is 1.55. The van der Waals surface area contributed by atoms with Gasteiger partial charge in [0.1, 0.15) is 12.4 Å². The maximum absolute atomic E-state index is 13.9. The van der Waals surface area contributed by atoms with Crippen LogP contribution < -0.4 is 9.47 Å². The molecular weight excluding hydrogens is 490 g/mol. The normalized spacial score (nSPS) is 20.6. The molecule has 6 heteroatoms. The van der Waals surface area contributed by atoms with Crippen LogP contribution >= 0.6 is 0 Å². The second-order valence-electron chi connectivity index (χ2n) is 9.94. The lowest BCUT2D eigenvalue weighted by molar-refractivity contribution is -0.140. The number of hydrogen-bond donors (Lipinski definition) is 0. The molecule has 1 unspecified atom stereocenters. The van der Waals surface area contributed by atoms with E-state index in [9.17, 15) is 9.59 Å². The van der Waals surface area contributed by atoms with E-state index in [-0.39, 0.29) is 18.3 Å². The summed E-state index contributed by atoms with van der Waals surface area (Å²) in [6.45, 7) is 4.38. The fourth-order valence-electron chi connectivity index (χ4n) is 5.72. The van der Waals surface area contributed by atoms with Crippen LogP contribution in [0.2, 0.25) is 0 Å². The maximum atomic E-state index is 13.9. The summed E-state index contributed by atoms with van der Waals surface area (Å²) in [6.07, 6.45) is 1.05. The van der Waals surface area contributed by atoms with Crippen LogP contribution in [0.5, 0.6) is 11.5 Å². The van der Waals surface area contributed by atoms with Crippen molar-refractivity contribution in [2.24, 2.45) is 10.9 Å². The van der Waals surface area contributed by atoms with Crippen molar-refractivity contribution in [3.8, 4) is 11.5 Å². The number of carbonyl (C=O) groups is 2. The van der Waals surface area contributed by atoms with Crippen LogP contribution in [-0.4, -0.2) is 31.2 Å². The zero-order chi connectivity index (χ0) is 27.4. The third-order valence-electron chi connectivity index (χ3n) is 7.50. The molecule has 0 N–H and O–H groups in total. The Hall–Kier alpha value is -4.19. The first-order chi connectivity index (χ1) is 19.0. The van der Waals surface area contributed by atoms with E-state index in [2.05, 4.69) is 12.1 Å². The molecule has 2 aliphatic rings. The Morgan fingerprint density at radius 3 is 2.31 bits per heavy atom. The van der Waals surface area contributed by atoms with Gasteiger partial charge in [0.05, 0.1) is 25.2 Å². The second-order valence-corrected chi connectivity index (χ2v) is 9.94. The smallest absolute Gasteiger partial charge is 0.336 e. The van der Waals surface area contributed by atoms with Gasteiger partial charge in [-0.05, 0) is 55.0 Å². The highest BCUT2D eigenvalue weighted by Gasteiger charge is 2.46. The van der Waals surface area contributed by atoms with Gasteiger partial charge in [-0.1, -0.05) is 66.7 Å². The SMILES string of the molecule is CCOc1ccc([C@@H]2C(C(=O)OCc3ccccc3)=C(C)N=C3C[C@@H](c4ccccc4)CC(=O)C32)cc1OC. The minimum Gasteiger partial charge on any atom is -0.493 e. The lowest BCUT2D eigenvalue weighted by Crippen LogP contribution is -2.41. The monoisotopic (exact) mass is 523 g/mol. The number of allylic oxidation sites excluding steroid dienone is 1. The highest BCUT2D eigenvalue weighted by Crippen LogP contribution is 2.47. The number of ketones is 1. The number of nitrogens with zero attached hydrogens (tertiary/aromatic N) is 1. The average molecular weight is 524 g/mol. The molecule has 3 aromatic rings. The number of methoxy groups -OCH3 is 1. The summed E-state index contributed by atoms with van der Waals surface area (Å²) >= 11 is 0. The molecule has 1 heterocycles. The molecule has 1 fully saturated rings. The van der Waals surface area contributed by atoms with E-state index in [1.54, 1.807) is 7.11 Å². The molecule has 0 radical (unpaired) electrons. The summed E-state index contributed by atoms with van der Waals surface area (Å²) in [7, 11) is 1.59. The van der Waals surface area contributed by atoms with Gasteiger partial charge in [0, 0.05) is 23.7 Å². The third kappa shape index (κ3) is 5.51. The molecule has 0 saturated heterocycles. The molecule has 1 aliphatic heterocycles. The van der Waals surface area contributed by atoms with Crippen LogP contribution in [0.4, 0.5) is 0 Å². The van der Waals surface area contributed by atoms with Crippen LogP contribution in [0.25, 0.3) is 0 Å². The van der Waals surface area contributed by atoms with Gasteiger partial charge in [0.2, 0.25) is 0 Å². The van der Waals surface area contributed by atoms with E-state index in [0.717, 1.165) is 22.4 Å². The molecule has 0 bridgehead atoms. The van der Waals surface area contributed by atoms with E-state index in [0.29, 0.717) is 42.2 Å². The predicted octanol–water partition coefficient (Wildman–Crippen LogP) is 6.41. The number of rotatable bonds is 8. The first-order valence-corrected chi connectivity index (χ1v) is 13.4. The van der Waals surface area contributed by atoms with Gasteiger partial charge >= 0.3 is 5.97 Å². The van der Waals surface area contributed by atoms with E-state index in [1.165, 1.54) is 0 Å². The topological polar surface area (TPSA) is 74.2 Å². The largest absolute Gasteiger partial charge is 0.493 e. The molecule has 1 saturated carbocycles. The minimum absolute atomic E-state index is 0.0589. The highest BCUT2D eigenvalue weighted by atomic mass is 16.5. The summed E-state index contributed by atoms with van der Waals surface area (Å²) in [4.78, 5) is 32.4. The second kappa shape index (κ2) is 11.7. The third-order valence-corrected chi connectivity index (χ3v) is 7.50. The number of fused-ring (bicyclic) bond motifs is 1. The van der Waals surface area contributed by atoms with E-state index < -0.39 is 17.8 Å². The Labute approximate surface area is 229 Å². The average Bonchev–Trinajstić information content (AvgIpc) is 2.96. The van der Waals surface area contributed by atoms with Crippen molar-refractivity contribution < 1.29 is 23.8 Å². The maximum Gasteiger partial charge on any atom is 0.336 e. The van der Waals surface area contributed by atoms with Crippen LogP contribution in [0, 0.1) is 5.92 Å². The van der Waals surface area contributed by atoms with E-state index in [1.807, 2.05) is 80.6 Å². The minimum atomic E-state index is -0.546. The standard InChI is InChI=1S/C33H33NO5/c1-4-38-28-16-15-24(19-29(28)37-3)31-30(33(36)39-20-22-11-7-5-8-12-22)21(2)34-26-17-25(18-27(35)32(26)31)23-13-9-6-10-14-23/h5-16,19,25,31-32H,4,17-18,20H2,1-3H3/t25-,31-,32?/m1/s1. The van der Waals surface area contributed by atoms with E-state index >= 15 is 0 Å². The Kier molecular flexibility index (Phi) is 7.92. The Morgan fingerprint density at radius 2 is 1.62 bits per heavy atom. The van der Waals surface area contributed by atoms with Crippen LogP contribution in [-0.2, 0) is 20.9 Å². The fraction of sp³-hybridized carbons (Fsp3) is 0.303. The van der Waals surface area contributed by atoms with Crippen molar-refractivity contribution >= 4 is 17.5 Å². The number of carbonyl (C=O) groups excluding carboxylic acids is 2. The molecule has 39 heavy (non-hydrogen) atoms. The molecule has 6 nitrogen and oxygen atoms in total. The van der Waals surface area contributed by atoms with Crippen LogP contribution in [0.15, 0.2) is 95.1 Å². The molecule has 3 aromatic carbocycles. The molecule has 0 spiro atoms. The Bertz CT molecular complexity index is 1410. The quantitative estimate of drug-likeness (QED) is 0.319. The van der Waals surface area contributed by atoms with Gasteiger partial charge in [-0.3, -0.25) is 9.79 Å². The summed E-state index contributed by atoms with van der Waals surface area (Å²) in [5, 5.41) is 0. The van der Waals surface area contributed by atoms with Gasteiger partial charge in [-0.15, -0.1) is 0 Å². The number of esters is 1. The summed E-state index contributed by atoms with van der Waals surface area (Å²) < 4.78 is 17.1. The van der Waals surface area contributed by atoms with Crippen molar-refractivity contribution in [1.29, 1.82) is 0 Å². The van der Waals surface area contributed by atoms with Crippen LogP contribution in [0.3, 0.4) is 0 Å². The lowest BCUT2D eigenvalue weighted by Gasteiger charge is -2.38. The molecular formula is C33H33NO5. The molecule has 3 atom stereocenters. The first kappa shape index (κ1) is 26.4. The van der Waals surface area contributed by atoms with Crippen molar-refractivity contribution in [2.45, 2.75) is 45.1 Å².